The van der Waals surface area contributed by atoms with Crippen molar-refractivity contribution in [2.75, 3.05) is 5.32 Å². The van der Waals surface area contributed by atoms with Crippen molar-refractivity contribution in [3.63, 3.8) is 0 Å². The Hall–Kier alpha value is -2.90. The molecule has 0 radical (unpaired) electrons. The third kappa shape index (κ3) is 3.46. The molecule has 2 N–H and O–H groups in total. The van der Waals surface area contributed by atoms with E-state index in [1.807, 2.05) is 18.2 Å². The Bertz CT molecular complexity index is 1190. The Morgan fingerprint density at radius 3 is 2.64 bits per heavy atom. The van der Waals surface area contributed by atoms with E-state index in [9.17, 15) is 9.90 Å². The van der Waals surface area contributed by atoms with Crippen LogP contribution in [0.1, 0.15) is 20.8 Å². The molecule has 5 nitrogen and oxygen atoms in total. The number of aromatic hydroxyl groups is 1. The third-order valence-electron chi connectivity index (χ3n) is 4.42. The highest BCUT2D eigenvalue weighted by atomic mass is 32.2. The first-order valence-electron chi connectivity index (χ1n) is 8.61. The van der Waals surface area contributed by atoms with E-state index in [1.54, 1.807) is 41.9 Å². The predicted octanol–water partition coefficient (Wildman–Crippen LogP) is 5.42. The van der Waals surface area contributed by atoms with Crippen LogP contribution >= 0.6 is 23.1 Å². The van der Waals surface area contributed by atoms with Crippen LogP contribution in [0.3, 0.4) is 0 Å². The van der Waals surface area contributed by atoms with Gasteiger partial charge in [0.15, 0.2) is 0 Å². The number of carbonyl (C=O) groups excluding carboxylic acids is 1. The molecule has 0 saturated heterocycles. The first-order chi connectivity index (χ1) is 13.5. The van der Waals surface area contributed by atoms with Crippen LogP contribution in [0.25, 0.3) is 10.2 Å². The van der Waals surface area contributed by atoms with Gasteiger partial charge < -0.3 is 10.4 Å². The number of para-hydroxylation sites is 2. The Kier molecular flexibility index (Phi) is 5.02. The zero-order chi connectivity index (χ0) is 19.7. The highest BCUT2D eigenvalue weighted by molar-refractivity contribution is 7.99. The zero-order valence-corrected chi connectivity index (χ0v) is 16.9. The quantitative estimate of drug-likeness (QED) is 0.349. The fourth-order valence-corrected chi connectivity index (χ4v) is 4.98. The Labute approximate surface area is 170 Å². The number of hydrogen-bond acceptors (Lipinski definition) is 6. The van der Waals surface area contributed by atoms with Gasteiger partial charge in [-0.2, -0.15) is 0 Å². The number of nitrogens with one attached hydrogen (secondary N) is 1. The van der Waals surface area contributed by atoms with Crippen molar-refractivity contribution in [1.29, 1.82) is 0 Å². The third-order valence-corrected chi connectivity index (χ3v) is 6.62. The molecular weight excluding hydrogens is 390 g/mol. The first-order valence-corrected chi connectivity index (χ1v) is 10.2. The summed E-state index contributed by atoms with van der Waals surface area (Å²) in [6.07, 6.45) is 1.56. The van der Waals surface area contributed by atoms with Crippen LogP contribution < -0.4 is 5.32 Å². The van der Waals surface area contributed by atoms with Crippen molar-refractivity contribution >= 4 is 44.9 Å². The summed E-state index contributed by atoms with van der Waals surface area (Å²) in [6, 6.07) is 14.0. The fourth-order valence-electron chi connectivity index (χ4n) is 2.84. The van der Waals surface area contributed by atoms with Crippen molar-refractivity contribution in [3.05, 3.63) is 70.9 Å². The number of phenols is 1. The second-order valence-corrected chi connectivity index (χ2v) is 8.45. The van der Waals surface area contributed by atoms with E-state index >= 15 is 0 Å². The van der Waals surface area contributed by atoms with E-state index in [1.165, 1.54) is 28.3 Å². The molecule has 7 heteroatoms. The lowest BCUT2D eigenvalue weighted by Crippen LogP contribution is -2.13. The molecule has 2 aromatic heterocycles. The standard InChI is InChI=1S/C21H17N3O2S2/c1-12-13(2)27-20-18(12)21(23-11-22-20)28-17-10-6-3-7-14(17)19(26)24-15-8-4-5-9-16(15)25/h3-11,25H,1-2H3,(H,24,26). The van der Waals surface area contributed by atoms with Crippen molar-refractivity contribution in [2.45, 2.75) is 23.8 Å². The maximum absolute atomic E-state index is 12.8. The number of carbonyl (C=O) groups is 1. The average Bonchev–Trinajstić information content (AvgIpc) is 2.99. The van der Waals surface area contributed by atoms with E-state index in [0.717, 1.165) is 20.1 Å². The molecule has 0 bridgehead atoms. The van der Waals surface area contributed by atoms with Crippen LogP contribution in [0.15, 0.2) is 64.8 Å². The number of nitrogens with zero attached hydrogens (tertiary/aromatic N) is 2. The van der Waals surface area contributed by atoms with Gasteiger partial charge in [-0.05, 0) is 43.7 Å². The largest absolute Gasteiger partial charge is 0.506 e. The summed E-state index contributed by atoms with van der Waals surface area (Å²) >= 11 is 3.09. The summed E-state index contributed by atoms with van der Waals surface area (Å²) in [6.45, 7) is 4.14. The number of benzene rings is 2. The van der Waals surface area contributed by atoms with E-state index in [2.05, 4.69) is 29.1 Å². The van der Waals surface area contributed by atoms with Crippen LogP contribution in [-0.2, 0) is 0 Å². The molecule has 2 aromatic carbocycles. The fraction of sp³-hybridized carbons (Fsp3) is 0.0952. The van der Waals surface area contributed by atoms with Crippen molar-refractivity contribution in [3.8, 4) is 5.75 Å². The maximum Gasteiger partial charge on any atom is 0.256 e. The topological polar surface area (TPSA) is 75.1 Å². The van der Waals surface area contributed by atoms with E-state index < -0.39 is 0 Å². The second-order valence-electron chi connectivity index (χ2n) is 6.21. The number of aryl methyl sites for hydroxylation is 2. The predicted molar refractivity (Wildman–Crippen MR) is 114 cm³/mol. The molecule has 2 heterocycles. The molecule has 140 valence electrons. The summed E-state index contributed by atoms with van der Waals surface area (Å²) in [5.41, 5.74) is 2.06. The van der Waals surface area contributed by atoms with E-state index in [0.29, 0.717) is 11.3 Å². The van der Waals surface area contributed by atoms with Crippen molar-refractivity contribution in [2.24, 2.45) is 0 Å². The molecule has 0 saturated carbocycles. The average molecular weight is 408 g/mol. The van der Waals surface area contributed by atoms with E-state index in [4.69, 9.17) is 0 Å². The number of anilines is 1. The summed E-state index contributed by atoms with van der Waals surface area (Å²) < 4.78 is 0. The Morgan fingerprint density at radius 2 is 1.82 bits per heavy atom. The van der Waals surface area contributed by atoms with Crippen LogP contribution in [0.4, 0.5) is 5.69 Å². The minimum Gasteiger partial charge on any atom is -0.506 e. The van der Waals surface area contributed by atoms with Gasteiger partial charge in [0.25, 0.3) is 5.91 Å². The zero-order valence-electron chi connectivity index (χ0n) is 15.3. The molecule has 4 rings (SSSR count). The van der Waals surface area contributed by atoms with Crippen LogP contribution in [0.2, 0.25) is 0 Å². The van der Waals surface area contributed by atoms with Gasteiger partial charge in [0.2, 0.25) is 0 Å². The number of fused-ring (bicyclic) bond motifs is 1. The maximum atomic E-state index is 12.8. The minimum atomic E-state index is -0.284. The monoisotopic (exact) mass is 407 g/mol. The molecule has 0 aliphatic carbocycles. The lowest BCUT2D eigenvalue weighted by atomic mass is 10.2. The van der Waals surface area contributed by atoms with E-state index in [-0.39, 0.29) is 11.7 Å². The Morgan fingerprint density at radius 1 is 1.07 bits per heavy atom. The smallest absolute Gasteiger partial charge is 0.256 e. The number of aromatic nitrogens is 2. The molecule has 0 unspecified atom stereocenters. The summed E-state index contributed by atoms with van der Waals surface area (Å²) in [5.74, 6) is -0.254. The van der Waals surface area contributed by atoms with Gasteiger partial charge in [0.1, 0.15) is 21.9 Å². The van der Waals surface area contributed by atoms with Gasteiger partial charge in [0, 0.05) is 15.2 Å². The van der Waals surface area contributed by atoms with Crippen molar-refractivity contribution < 1.29 is 9.90 Å². The van der Waals surface area contributed by atoms with Gasteiger partial charge in [-0.1, -0.05) is 36.0 Å². The molecule has 1 amide bonds. The van der Waals surface area contributed by atoms with Crippen LogP contribution in [0, 0.1) is 13.8 Å². The summed E-state index contributed by atoms with van der Waals surface area (Å²) in [4.78, 5) is 24.6. The Balaban J connectivity index is 1.69. The van der Waals surface area contributed by atoms with Crippen LogP contribution in [0.5, 0.6) is 5.75 Å². The summed E-state index contributed by atoms with van der Waals surface area (Å²) in [5, 5.41) is 14.6. The normalized spacial score (nSPS) is 10.9. The molecule has 0 aliphatic rings. The minimum absolute atomic E-state index is 0.0304. The van der Waals surface area contributed by atoms with Gasteiger partial charge >= 0.3 is 0 Å². The number of amides is 1. The molecule has 0 spiro atoms. The van der Waals surface area contributed by atoms with Crippen LogP contribution in [-0.4, -0.2) is 21.0 Å². The van der Waals surface area contributed by atoms with Gasteiger partial charge in [-0.25, -0.2) is 9.97 Å². The number of rotatable bonds is 4. The van der Waals surface area contributed by atoms with Gasteiger partial charge in [-0.3, -0.25) is 4.79 Å². The number of thiophene rings is 1. The highest BCUT2D eigenvalue weighted by Gasteiger charge is 2.17. The number of hydrogen-bond donors (Lipinski definition) is 2. The highest BCUT2D eigenvalue weighted by Crippen LogP contribution is 2.38. The first kappa shape index (κ1) is 18.5. The second kappa shape index (κ2) is 7.61. The lowest BCUT2D eigenvalue weighted by molar-refractivity contribution is 0.102. The number of phenolic OH excluding ortho intramolecular Hbond substituents is 1. The van der Waals surface area contributed by atoms with Gasteiger partial charge in [-0.15, -0.1) is 11.3 Å². The molecule has 28 heavy (non-hydrogen) atoms. The molecule has 0 aliphatic heterocycles. The lowest BCUT2D eigenvalue weighted by Gasteiger charge is -2.11. The molecule has 0 atom stereocenters. The molecular formula is C21H17N3O2S2. The van der Waals surface area contributed by atoms with Crippen molar-refractivity contribution in [1.82, 2.24) is 9.97 Å². The SMILES string of the molecule is Cc1sc2ncnc(Sc3ccccc3C(=O)Nc3ccccc3O)c2c1C. The summed E-state index contributed by atoms with van der Waals surface area (Å²) in [7, 11) is 0. The molecule has 0 fully saturated rings. The molecule has 4 aromatic rings. The van der Waals surface area contributed by atoms with Gasteiger partial charge in [0.05, 0.1) is 11.3 Å².